The van der Waals surface area contributed by atoms with Crippen molar-refractivity contribution in [3.8, 4) is 0 Å². The number of hydrogen-bond donors (Lipinski definition) is 11. The van der Waals surface area contributed by atoms with Crippen molar-refractivity contribution in [2.75, 3.05) is 92.5 Å². The van der Waals surface area contributed by atoms with Gasteiger partial charge in [0.15, 0.2) is 66.8 Å². The molecule has 14 heterocycles. The van der Waals surface area contributed by atoms with Gasteiger partial charge in [-0.05, 0) is 25.2 Å². The zero-order valence-corrected chi connectivity index (χ0v) is 75.7. The number of rotatable bonds is 34. The number of aliphatic hydroxyl groups is 6. The second-order valence-electron chi connectivity index (χ2n) is 32.8. The molecule has 140 heavy (non-hydrogen) atoms. The van der Waals surface area contributed by atoms with Gasteiger partial charge in [0.2, 0.25) is 0 Å². The molecule has 0 amide bonds. The second kappa shape index (κ2) is 55.6. The first kappa shape index (κ1) is 113. The summed E-state index contributed by atoms with van der Waals surface area (Å²) in [6.45, 7) is 21.4. The molecule has 0 aliphatic carbocycles. The second-order valence-corrected chi connectivity index (χ2v) is 32.8. The van der Waals surface area contributed by atoms with Crippen LogP contribution in [0.5, 0.6) is 0 Å². The largest absolute Gasteiger partial charge is 0.513 e. The van der Waals surface area contributed by atoms with E-state index in [0.717, 1.165) is 60.8 Å². The number of esters is 10. The van der Waals surface area contributed by atoms with Crippen LogP contribution in [0.25, 0.3) is 0 Å². The predicted octanol–water partition coefficient (Wildman–Crippen LogP) is -0.643. The van der Waals surface area contributed by atoms with E-state index in [9.17, 15) is 86.9 Å². The van der Waals surface area contributed by atoms with Crippen LogP contribution in [0.1, 0.15) is 72.1 Å². The lowest BCUT2D eigenvalue weighted by molar-refractivity contribution is -0.156. The van der Waals surface area contributed by atoms with Crippen LogP contribution in [-0.4, -0.2) is 403 Å². The normalized spacial score (nSPS) is 32.1. The predicted molar refractivity (Wildman–Crippen MR) is 453 cm³/mol. The standard InChI is InChI=1S/2C15H18O9.C15H16O9.C11H16O6.C11H14O6.C11H16O6.C11H14O6/c3*1-8(16)2-4-12(19)23-9-6-21-15-10(7-22-14(9)15)24-13(20)5-3-11(17)18;2*1-6-4-15-11-7(5-16-10(6)11)17-9(14)3-2-8(12)13;2*1-6(12)2-3-9(14)17-8-5-16-10-7(13)4-15-11(8)10/h3,5,9-10,14-16H,1-2,4,6-7H2,(H,17,18);2,4,9-10,14-16H,1,3,5-7H2,(H,17,18);2-5,9-10,14-15H,6-7H2,1H3,(H,17,18);6-7,10-11H,2-5H2,1H3,(H,12,13);2-3,6-7,10-11H,4-5H2,1H3,(H,12,13);7-8,10-13H,1-5H2;2-3,7-8,10-13H,1,4-5H2/b5-3+;;4-2+,5-3+;;3-2+;;/t9-,10-,14+,15+;9-,10-,14-,15-;9-,10-,14+,15+;6-,7-,10-,11-;6-,7-,10+,11+;7-,8-,10+,11+;7-,8-,10-,11-/m0101001/s1. The first-order valence-corrected chi connectivity index (χ1v) is 43.6. The summed E-state index contributed by atoms with van der Waals surface area (Å²) in [5.74, 6) is -12.6. The van der Waals surface area contributed by atoms with Gasteiger partial charge in [0.25, 0.3) is 0 Å². The van der Waals surface area contributed by atoms with Gasteiger partial charge in [-0.2, -0.15) is 0 Å². The molecule has 14 fully saturated rings. The van der Waals surface area contributed by atoms with E-state index in [4.69, 9.17) is 160 Å². The van der Waals surface area contributed by atoms with Crippen LogP contribution in [0.15, 0.2) is 122 Å². The Bertz CT molecular complexity index is 4300. The van der Waals surface area contributed by atoms with Crippen molar-refractivity contribution in [2.45, 2.75) is 231 Å². The maximum Gasteiger partial charge on any atom is 0.331 e. The monoisotopic (exact) mass is 2000 g/mol. The molecule has 14 aliphatic rings. The highest BCUT2D eigenvalue weighted by molar-refractivity contribution is 5.95. The number of ether oxygens (including phenoxy) is 24. The van der Waals surface area contributed by atoms with Gasteiger partial charge in [0.05, 0.1) is 155 Å². The highest BCUT2D eigenvalue weighted by atomic mass is 16.7. The molecular formula is C89H112O51. The molecule has 28 atom stereocenters. The Hall–Kier alpha value is -12.3. The maximum absolute atomic E-state index is 11.7. The third kappa shape index (κ3) is 36.4. The Morgan fingerprint density at radius 1 is 0.236 bits per heavy atom. The molecule has 774 valence electrons. The van der Waals surface area contributed by atoms with Gasteiger partial charge >= 0.3 is 89.5 Å². The number of carboxylic acids is 5. The summed E-state index contributed by atoms with van der Waals surface area (Å²) in [6.07, 6.45) is -2.40. The number of carboxylic acid groups (broad SMARTS) is 5. The SMILES string of the molecule is C=C(O)C=CC(=O)O[C@@H]1CO[C@H]2[C@@H]1OC[C@H]2O.C=C(O)C=CC(=O)O[C@@H]1CO[C@H]2[C@@H]1OC[C@H]2OC(=O)CCC(=O)O.C=C(O)CCC(=O)O[C@H]1CO[C@H]2[C@@H]1OC[C@@H]2O.C=C(O)CCC(=O)O[C@H]1CO[C@H]2[C@@H]1OC[C@@H]2OC(=O)/C=C/C(=O)O.CC(=O)/C=C/C(=O)O[C@H]1CO[C@H]2[C@@H]1OC[C@@H]2OC(=O)/C=C/C(=O)O.C[C@@H]1CO[C@H]2[C@@H]1OC[C@H]2OC(=O)CCC(=O)O.C[C@H]1CO[C@H]2[C@@H]1OC[C@@H]2OC(=O)/C=C/C(=O)O. The van der Waals surface area contributed by atoms with E-state index in [1.807, 2.05) is 13.8 Å². The summed E-state index contributed by atoms with van der Waals surface area (Å²) < 4.78 is 127. The number of ketones is 1. The van der Waals surface area contributed by atoms with Gasteiger partial charge in [0.1, 0.15) is 97.0 Å². The Balaban J connectivity index is 0.000000201. The van der Waals surface area contributed by atoms with Crippen molar-refractivity contribution in [3.05, 3.63) is 122 Å². The lowest BCUT2D eigenvalue weighted by Gasteiger charge is -2.17. The van der Waals surface area contributed by atoms with E-state index in [-0.39, 0.29) is 177 Å². The molecule has 51 heteroatoms. The average molecular weight is 2000 g/mol. The summed E-state index contributed by atoms with van der Waals surface area (Å²) in [5.41, 5.74) is 0. The number of carbonyl (C=O) groups is 16. The zero-order chi connectivity index (χ0) is 103. The third-order valence-corrected chi connectivity index (χ3v) is 21.8. The summed E-state index contributed by atoms with van der Waals surface area (Å²) in [7, 11) is 0. The summed E-state index contributed by atoms with van der Waals surface area (Å²) >= 11 is 0. The number of fused-ring (bicyclic) bond motifs is 7. The quantitative estimate of drug-likeness (QED) is 0.0125. The first-order chi connectivity index (χ1) is 66.4. The van der Waals surface area contributed by atoms with E-state index >= 15 is 0 Å². The highest BCUT2D eigenvalue weighted by Crippen LogP contribution is 2.38. The molecule has 0 spiro atoms. The Kier molecular flexibility index (Phi) is 44.9. The minimum absolute atomic E-state index is 0.00715. The van der Waals surface area contributed by atoms with Gasteiger partial charge < -0.3 is 170 Å². The summed E-state index contributed by atoms with van der Waals surface area (Å²) in [4.78, 5) is 177. The van der Waals surface area contributed by atoms with Crippen LogP contribution in [0.2, 0.25) is 0 Å². The molecule has 0 aromatic carbocycles. The maximum atomic E-state index is 11.7. The molecule has 0 aromatic rings. The lowest BCUT2D eigenvalue weighted by atomic mass is 10.0. The molecule has 0 saturated carbocycles. The number of hydrogen-bond acceptors (Lipinski definition) is 46. The van der Waals surface area contributed by atoms with Crippen molar-refractivity contribution in [2.24, 2.45) is 11.8 Å². The topological polar surface area (TPSA) is 717 Å². The van der Waals surface area contributed by atoms with E-state index < -0.39 is 218 Å². The third-order valence-electron chi connectivity index (χ3n) is 21.8. The molecule has 51 nitrogen and oxygen atoms in total. The average Bonchev–Trinajstić information content (AvgIpc) is 1.63. The molecule has 0 bridgehead atoms. The van der Waals surface area contributed by atoms with Crippen LogP contribution in [0, 0.1) is 11.8 Å². The Morgan fingerprint density at radius 3 is 0.643 bits per heavy atom. The molecular weight excluding hydrogens is 1880 g/mol. The number of aliphatic carboxylic acids is 5. The van der Waals surface area contributed by atoms with Crippen LogP contribution >= 0.6 is 0 Å². The lowest BCUT2D eigenvalue weighted by Crippen LogP contribution is -2.35. The van der Waals surface area contributed by atoms with Gasteiger partial charge in [-0.25, -0.2) is 43.2 Å². The van der Waals surface area contributed by atoms with Crippen LogP contribution in [0.3, 0.4) is 0 Å². The van der Waals surface area contributed by atoms with Crippen LogP contribution < -0.4 is 0 Å². The molecule has 0 radical (unpaired) electrons. The van der Waals surface area contributed by atoms with Gasteiger partial charge in [-0.15, -0.1) is 0 Å². The van der Waals surface area contributed by atoms with Gasteiger partial charge in [-0.3, -0.25) is 33.6 Å². The van der Waals surface area contributed by atoms with Crippen LogP contribution in [0.4, 0.5) is 0 Å². The molecule has 14 rings (SSSR count). The Labute approximate surface area is 796 Å². The number of carbonyl (C=O) groups excluding carboxylic acids is 11. The Morgan fingerprint density at radius 2 is 0.421 bits per heavy atom. The van der Waals surface area contributed by atoms with E-state index in [2.05, 4.69) is 26.3 Å². The number of allylic oxidation sites excluding steroid dienone is 5. The van der Waals surface area contributed by atoms with E-state index in [1.165, 1.54) is 6.92 Å². The molecule has 14 aliphatic heterocycles. The minimum Gasteiger partial charge on any atom is -0.513 e. The zero-order valence-electron chi connectivity index (χ0n) is 75.7. The van der Waals surface area contributed by atoms with Crippen molar-refractivity contribution in [1.29, 1.82) is 0 Å². The van der Waals surface area contributed by atoms with Crippen molar-refractivity contribution in [1.82, 2.24) is 0 Å². The van der Waals surface area contributed by atoms with Crippen molar-refractivity contribution < 1.29 is 247 Å². The molecule has 0 aromatic heterocycles. The van der Waals surface area contributed by atoms with E-state index in [0.29, 0.717) is 50.4 Å². The summed E-state index contributed by atoms with van der Waals surface area (Å²) in [6, 6.07) is 0. The van der Waals surface area contributed by atoms with Crippen molar-refractivity contribution >= 4 is 95.3 Å². The number of aliphatic hydroxyl groups excluding tert-OH is 6. The van der Waals surface area contributed by atoms with Crippen LogP contribution in [-0.2, 0) is 190 Å². The highest BCUT2D eigenvalue weighted by Gasteiger charge is 2.56. The smallest absolute Gasteiger partial charge is 0.331 e. The van der Waals surface area contributed by atoms with Gasteiger partial charge in [0, 0.05) is 79.4 Å². The first-order valence-electron chi connectivity index (χ1n) is 43.6. The molecule has 14 saturated heterocycles. The fourth-order valence-corrected chi connectivity index (χ4v) is 15.4. The fraction of sp³-hybridized carbons (Fsp3) is 0.596. The molecule has 11 N–H and O–H groups in total. The minimum atomic E-state index is -1.27. The van der Waals surface area contributed by atoms with Gasteiger partial charge in [-0.1, -0.05) is 40.2 Å². The van der Waals surface area contributed by atoms with E-state index in [1.54, 1.807) is 0 Å². The summed E-state index contributed by atoms with van der Waals surface area (Å²) in [5, 5.41) is 96.7. The fourth-order valence-electron chi connectivity index (χ4n) is 15.4. The molecule has 0 unspecified atom stereocenters. The van der Waals surface area contributed by atoms with Crippen molar-refractivity contribution in [3.63, 3.8) is 0 Å².